The van der Waals surface area contributed by atoms with E-state index in [4.69, 9.17) is 0 Å². The average molecular weight is 499 g/mol. The molecule has 5 rings (SSSR count). The first-order valence-electron chi connectivity index (χ1n) is 13.0. The van der Waals surface area contributed by atoms with Gasteiger partial charge < -0.3 is 9.80 Å². The van der Waals surface area contributed by atoms with E-state index in [0.717, 1.165) is 0 Å². The number of fused-ring (bicyclic) bond motifs is 3. The quantitative estimate of drug-likeness (QED) is 0.206. The molecule has 2 fully saturated rings. The standard InChI is InChI=1S/C28H38N2S3/c1-3-13-29(14-4-1)17-7-19-31-23-9-11-27-25(21-23)26-22-24(10-12-28(26)33-27)32-20-8-18-30-15-5-2-6-16-30/h9-12,21-22H,1-8,13-20H2. The third kappa shape index (κ3) is 6.70. The smallest absolute Gasteiger partial charge is 0.0356 e. The predicted molar refractivity (Wildman–Crippen MR) is 151 cm³/mol. The fourth-order valence-electron chi connectivity index (χ4n) is 5.24. The van der Waals surface area contributed by atoms with Gasteiger partial charge in [0.25, 0.3) is 0 Å². The number of thiophene rings is 1. The maximum atomic E-state index is 2.66. The van der Waals surface area contributed by atoms with Gasteiger partial charge in [0.2, 0.25) is 0 Å². The molecule has 178 valence electrons. The molecule has 0 N–H and O–H groups in total. The zero-order valence-electron chi connectivity index (χ0n) is 19.9. The van der Waals surface area contributed by atoms with Crippen LogP contribution in [0.15, 0.2) is 46.2 Å². The third-order valence-electron chi connectivity index (χ3n) is 7.08. The summed E-state index contributed by atoms with van der Waals surface area (Å²) in [6.07, 6.45) is 11.0. The minimum Gasteiger partial charge on any atom is -0.303 e. The van der Waals surface area contributed by atoms with Crippen molar-refractivity contribution in [1.29, 1.82) is 0 Å². The van der Waals surface area contributed by atoms with E-state index >= 15 is 0 Å². The summed E-state index contributed by atoms with van der Waals surface area (Å²) in [5, 5.41) is 2.90. The number of rotatable bonds is 10. The normalized spacial score (nSPS) is 18.4. The van der Waals surface area contributed by atoms with Gasteiger partial charge in [-0.2, -0.15) is 0 Å². The lowest BCUT2D eigenvalue weighted by Gasteiger charge is -2.26. The van der Waals surface area contributed by atoms with E-state index in [9.17, 15) is 0 Å². The van der Waals surface area contributed by atoms with Gasteiger partial charge in [-0.15, -0.1) is 34.9 Å². The molecule has 0 saturated carbocycles. The van der Waals surface area contributed by atoms with Crippen LogP contribution in [0.1, 0.15) is 51.4 Å². The summed E-state index contributed by atoms with van der Waals surface area (Å²) in [6, 6.07) is 14.3. The van der Waals surface area contributed by atoms with Gasteiger partial charge in [-0.25, -0.2) is 0 Å². The number of thioether (sulfide) groups is 2. The number of hydrogen-bond donors (Lipinski definition) is 0. The van der Waals surface area contributed by atoms with Crippen LogP contribution in [0.5, 0.6) is 0 Å². The first-order valence-corrected chi connectivity index (χ1v) is 15.8. The van der Waals surface area contributed by atoms with Crippen molar-refractivity contribution in [3.8, 4) is 0 Å². The van der Waals surface area contributed by atoms with Gasteiger partial charge in [0.05, 0.1) is 0 Å². The number of hydrogen-bond acceptors (Lipinski definition) is 5. The van der Waals surface area contributed by atoms with E-state index in [-0.39, 0.29) is 0 Å². The molecule has 5 heteroatoms. The van der Waals surface area contributed by atoms with E-state index < -0.39 is 0 Å². The lowest BCUT2D eigenvalue weighted by Crippen LogP contribution is -2.30. The molecule has 1 aromatic heterocycles. The molecule has 2 aromatic carbocycles. The van der Waals surface area contributed by atoms with E-state index in [0.29, 0.717) is 0 Å². The van der Waals surface area contributed by atoms with E-state index in [1.54, 1.807) is 0 Å². The Kier molecular flexibility index (Phi) is 8.95. The molecule has 33 heavy (non-hydrogen) atoms. The van der Waals surface area contributed by atoms with Crippen LogP contribution < -0.4 is 0 Å². The summed E-state index contributed by atoms with van der Waals surface area (Å²) < 4.78 is 2.85. The first-order chi connectivity index (χ1) is 16.3. The van der Waals surface area contributed by atoms with Crippen molar-refractivity contribution in [2.75, 3.05) is 50.8 Å². The van der Waals surface area contributed by atoms with Crippen LogP contribution in [0.25, 0.3) is 20.2 Å². The Labute approximate surface area is 212 Å². The minimum atomic E-state index is 1.22. The lowest BCUT2D eigenvalue weighted by atomic mass is 10.1. The monoisotopic (exact) mass is 498 g/mol. The van der Waals surface area contributed by atoms with Crippen molar-refractivity contribution in [3.63, 3.8) is 0 Å². The molecule has 3 aromatic rings. The SMILES string of the molecule is c1cc2sc3ccc(SCCCN4CCCCC4)cc3c2cc1SCCCN1CCCCC1. The van der Waals surface area contributed by atoms with E-state index in [2.05, 4.69) is 46.2 Å². The highest BCUT2D eigenvalue weighted by atomic mass is 32.2. The number of benzene rings is 2. The van der Waals surface area contributed by atoms with Crippen LogP contribution in [0.3, 0.4) is 0 Å². The Bertz CT molecular complexity index is 938. The van der Waals surface area contributed by atoms with E-state index in [1.165, 1.54) is 132 Å². The highest BCUT2D eigenvalue weighted by Crippen LogP contribution is 2.38. The van der Waals surface area contributed by atoms with Gasteiger partial charge in [-0.05, 0) is 126 Å². The summed E-state index contributed by atoms with van der Waals surface area (Å²) in [5.41, 5.74) is 0. The third-order valence-corrected chi connectivity index (χ3v) is 10.4. The number of piperidine rings is 2. The Balaban J connectivity index is 1.16. The Morgan fingerprint density at radius 2 is 1.06 bits per heavy atom. The Morgan fingerprint density at radius 3 is 1.52 bits per heavy atom. The fourth-order valence-corrected chi connectivity index (χ4v) is 8.05. The summed E-state index contributed by atoms with van der Waals surface area (Å²) in [7, 11) is 0. The van der Waals surface area contributed by atoms with Crippen LogP contribution in [0, 0.1) is 0 Å². The van der Waals surface area contributed by atoms with Crippen molar-refractivity contribution in [2.45, 2.75) is 61.2 Å². The second-order valence-electron chi connectivity index (χ2n) is 9.63. The molecular formula is C28H38N2S3. The zero-order chi connectivity index (χ0) is 22.3. The molecule has 2 nitrogen and oxygen atoms in total. The molecule has 0 atom stereocenters. The molecule has 0 spiro atoms. The Morgan fingerprint density at radius 1 is 0.606 bits per heavy atom. The van der Waals surface area contributed by atoms with Crippen LogP contribution >= 0.6 is 34.9 Å². The van der Waals surface area contributed by atoms with Crippen LogP contribution in [0.2, 0.25) is 0 Å². The summed E-state index contributed by atoms with van der Waals surface area (Å²) in [4.78, 5) is 8.18. The number of likely N-dealkylation sites (tertiary alicyclic amines) is 2. The summed E-state index contributed by atoms with van der Waals surface area (Å²) in [6.45, 7) is 7.81. The van der Waals surface area contributed by atoms with Gasteiger partial charge in [0.1, 0.15) is 0 Å². The summed E-state index contributed by atoms with van der Waals surface area (Å²) >= 11 is 6.02. The molecule has 3 heterocycles. The fraction of sp³-hybridized carbons (Fsp3) is 0.571. The molecule has 0 aliphatic carbocycles. The number of nitrogens with zero attached hydrogens (tertiary/aromatic N) is 2. The molecule has 0 unspecified atom stereocenters. The van der Waals surface area contributed by atoms with Gasteiger partial charge in [-0.3, -0.25) is 0 Å². The zero-order valence-corrected chi connectivity index (χ0v) is 22.3. The van der Waals surface area contributed by atoms with Gasteiger partial charge in [0, 0.05) is 30.0 Å². The lowest BCUT2D eigenvalue weighted by molar-refractivity contribution is 0.230. The molecule has 0 bridgehead atoms. The molecule has 2 aliphatic heterocycles. The van der Waals surface area contributed by atoms with E-state index in [1.807, 2.05) is 34.9 Å². The van der Waals surface area contributed by atoms with Crippen molar-refractivity contribution in [2.24, 2.45) is 0 Å². The highest BCUT2D eigenvalue weighted by molar-refractivity contribution is 7.99. The average Bonchev–Trinajstić information content (AvgIpc) is 3.23. The highest BCUT2D eigenvalue weighted by Gasteiger charge is 2.11. The molecule has 0 radical (unpaired) electrons. The second kappa shape index (κ2) is 12.3. The first kappa shape index (κ1) is 24.0. The largest absolute Gasteiger partial charge is 0.303 e. The molecular weight excluding hydrogens is 461 g/mol. The minimum absolute atomic E-state index is 1.22. The van der Waals surface area contributed by atoms with Crippen molar-refractivity contribution >= 4 is 55.0 Å². The second-order valence-corrected chi connectivity index (χ2v) is 13.0. The summed E-state index contributed by atoms with van der Waals surface area (Å²) in [5.74, 6) is 2.45. The predicted octanol–water partition coefficient (Wildman–Crippen LogP) is 7.99. The van der Waals surface area contributed by atoms with Gasteiger partial charge in [-0.1, -0.05) is 12.8 Å². The van der Waals surface area contributed by atoms with Crippen LogP contribution in [0.4, 0.5) is 0 Å². The van der Waals surface area contributed by atoms with Crippen molar-refractivity contribution < 1.29 is 0 Å². The molecule has 2 saturated heterocycles. The van der Waals surface area contributed by atoms with Gasteiger partial charge in [0.15, 0.2) is 0 Å². The van der Waals surface area contributed by atoms with Crippen LogP contribution in [-0.2, 0) is 0 Å². The topological polar surface area (TPSA) is 6.48 Å². The maximum Gasteiger partial charge on any atom is 0.0356 e. The Hall–Kier alpha value is -0.720. The van der Waals surface area contributed by atoms with Crippen LogP contribution in [-0.4, -0.2) is 60.6 Å². The molecule has 2 aliphatic rings. The van der Waals surface area contributed by atoms with Crippen molar-refractivity contribution in [1.82, 2.24) is 9.80 Å². The maximum absolute atomic E-state index is 2.66. The van der Waals surface area contributed by atoms with Gasteiger partial charge >= 0.3 is 0 Å². The molecule has 0 amide bonds. The van der Waals surface area contributed by atoms with Crippen molar-refractivity contribution in [3.05, 3.63) is 36.4 Å².